The molecule has 0 unspecified atom stereocenters. The van der Waals surface area contributed by atoms with Crippen LogP contribution in [0.15, 0.2) is 22.7 Å². The van der Waals surface area contributed by atoms with Crippen LogP contribution in [-0.2, 0) is 0 Å². The molecule has 0 amide bonds. The van der Waals surface area contributed by atoms with Gasteiger partial charge >= 0.3 is 0 Å². The van der Waals surface area contributed by atoms with Crippen molar-refractivity contribution >= 4 is 22.0 Å². The molecule has 0 bridgehead atoms. The minimum atomic E-state index is -0.651. The Bertz CT molecular complexity index is 384. The summed E-state index contributed by atoms with van der Waals surface area (Å²) in [4.78, 5) is 0. The number of halogens is 3. The average Bonchev–Trinajstić information content (AvgIpc) is 2.14. The van der Waals surface area contributed by atoms with E-state index in [0.29, 0.717) is 5.56 Å². The highest BCUT2D eigenvalue weighted by Gasteiger charge is 2.06. The van der Waals surface area contributed by atoms with E-state index in [2.05, 4.69) is 15.9 Å². The molecule has 0 heterocycles. The van der Waals surface area contributed by atoms with Gasteiger partial charge in [0.2, 0.25) is 0 Å². The summed E-state index contributed by atoms with van der Waals surface area (Å²) in [5.41, 5.74) is 0.401. The Hall–Kier alpha value is -1.21. The number of hydrogen-bond acceptors (Lipinski definition) is 1. The van der Waals surface area contributed by atoms with Gasteiger partial charge in [-0.2, -0.15) is 5.26 Å². The van der Waals surface area contributed by atoms with Crippen LogP contribution in [0.3, 0.4) is 0 Å². The predicted molar refractivity (Wildman–Crippen MR) is 53.3 cm³/mol. The first-order valence-electron chi connectivity index (χ1n) is 3.83. The van der Waals surface area contributed by atoms with Crippen molar-refractivity contribution in [1.29, 1.82) is 5.26 Å². The van der Waals surface area contributed by atoms with Crippen LogP contribution in [0, 0.1) is 23.0 Å². The van der Waals surface area contributed by atoms with Gasteiger partial charge in [0.25, 0.3) is 0 Å². The Morgan fingerprint density at radius 3 is 2.43 bits per heavy atom. The average molecular weight is 258 g/mol. The van der Waals surface area contributed by atoms with E-state index in [9.17, 15) is 8.78 Å². The highest BCUT2D eigenvalue weighted by Crippen LogP contribution is 2.21. The first-order valence-corrected chi connectivity index (χ1v) is 4.62. The number of allylic oxidation sites excluding steroid dienone is 1. The zero-order valence-corrected chi connectivity index (χ0v) is 8.68. The summed E-state index contributed by atoms with van der Waals surface area (Å²) >= 11 is 2.77. The van der Waals surface area contributed by atoms with Gasteiger partial charge in [-0.1, -0.05) is 12.2 Å². The number of nitrogens with zero attached hydrogens (tertiary/aromatic N) is 1. The van der Waals surface area contributed by atoms with Gasteiger partial charge in [-0.05, 0) is 33.6 Å². The van der Waals surface area contributed by atoms with E-state index in [1.807, 2.05) is 6.07 Å². The smallest absolute Gasteiger partial charge is 0.140 e. The summed E-state index contributed by atoms with van der Waals surface area (Å²) in [7, 11) is 0. The summed E-state index contributed by atoms with van der Waals surface area (Å²) in [5, 5.41) is 8.24. The van der Waals surface area contributed by atoms with Crippen LogP contribution in [-0.4, -0.2) is 0 Å². The molecule has 14 heavy (non-hydrogen) atoms. The minimum absolute atomic E-state index is 0.171. The van der Waals surface area contributed by atoms with Crippen molar-refractivity contribution in [3.63, 3.8) is 0 Å². The van der Waals surface area contributed by atoms with Gasteiger partial charge in [-0.15, -0.1) is 0 Å². The third-order valence-corrected chi connectivity index (χ3v) is 2.28. The summed E-state index contributed by atoms with van der Waals surface area (Å²) in [6.07, 6.45) is 3.27. The molecule has 0 aliphatic rings. The summed E-state index contributed by atoms with van der Waals surface area (Å²) in [6.45, 7) is 0. The van der Waals surface area contributed by atoms with Crippen LogP contribution in [0.4, 0.5) is 8.78 Å². The normalized spacial score (nSPS) is 10.4. The van der Waals surface area contributed by atoms with E-state index in [1.165, 1.54) is 18.2 Å². The quantitative estimate of drug-likeness (QED) is 0.742. The Morgan fingerprint density at radius 2 is 1.93 bits per heavy atom. The number of rotatable bonds is 2. The molecule has 1 rings (SSSR count). The van der Waals surface area contributed by atoms with Gasteiger partial charge in [0.1, 0.15) is 11.6 Å². The summed E-state index contributed by atoms with van der Waals surface area (Å²) in [5.74, 6) is -1.30. The zero-order chi connectivity index (χ0) is 10.6. The van der Waals surface area contributed by atoms with Crippen molar-refractivity contribution in [3.05, 3.63) is 39.9 Å². The third-order valence-electron chi connectivity index (χ3n) is 1.53. The molecule has 0 saturated heterocycles. The fourth-order valence-corrected chi connectivity index (χ4v) is 1.15. The molecule has 0 spiro atoms. The fourth-order valence-electron chi connectivity index (χ4n) is 0.919. The van der Waals surface area contributed by atoms with Crippen molar-refractivity contribution in [2.75, 3.05) is 0 Å². The van der Waals surface area contributed by atoms with Crippen LogP contribution in [0.1, 0.15) is 12.0 Å². The second kappa shape index (κ2) is 4.87. The van der Waals surface area contributed by atoms with Crippen LogP contribution < -0.4 is 0 Å². The van der Waals surface area contributed by atoms with E-state index < -0.39 is 11.6 Å². The van der Waals surface area contributed by atoms with Crippen molar-refractivity contribution in [2.45, 2.75) is 6.42 Å². The lowest BCUT2D eigenvalue weighted by atomic mass is 10.2. The molecule has 1 nitrogen and oxygen atoms in total. The molecule has 0 aromatic heterocycles. The number of benzene rings is 1. The fraction of sp³-hybridized carbons (Fsp3) is 0.100. The van der Waals surface area contributed by atoms with E-state index in [0.717, 1.165) is 0 Å². The molecule has 4 heteroatoms. The van der Waals surface area contributed by atoms with Gasteiger partial charge < -0.3 is 0 Å². The van der Waals surface area contributed by atoms with E-state index in [1.54, 1.807) is 6.08 Å². The van der Waals surface area contributed by atoms with Crippen molar-refractivity contribution in [1.82, 2.24) is 0 Å². The molecule has 0 radical (unpaired) electrons. The number of nitriles is 1. The first-order chi connectivity index (χ1) is 6.65. The predicted octanol–water partition coefficient (Wildman–Crippen LogP) is 3.65. The SMILES string of the molecule is N#CCC=Cc1cc(F)c(Br)c(F)c1. The second-order valence-corrected chi connectivity index (χ2v) is 3.36. The van der Waals surface area contributed by atoms with Crippen LogP contribution in [0.25, 0.3) is 6.08 Å². The molecule has 0 aliphatic carbocycles. The lowest BCUT2D eigenvalue weighted by Gasteiger charge is -1.98. The van der Waals surface area contributed by atoms with Crippen molar-refractivity contribution in [3.8, 4) is 6.07 Å². The minimum Gasteiger partial charge on any atom is -0.206 e. The summed E-state index contributed by atoms with van der Waals surface area (Å²) < 4.78 is 25.8. The van der Waals surface area contributed by atoms with Crippen molar-refractivity contribution in [2.24, 2.45) is 0 Å². The van der Waals surface area contributed by atoms with E-state index in [4.69, 9.17) is 5.26 Å². The monoisotopic (exact) mass is 257 g/mol. The lowest BCUT2D eigenvalue weighted by Crippen LogP contribution is -1.85. The summed E-state index contributed by atoms with van der Waals surface area (Å²) in [6, 6.07) is 4.29. The molecule has 1 aromatic rings. The van der Waals surface area contributed by atoms with Crippen LogP contribution >= 0.6 is 15.9 Å². The molecule has 0 N–H and O–H groups in total. The lowest BCUT2D eigenvalue weighted by molar-refractivity contribution is 0.571. The van der Waals surface area contributed by atoms with Gasteiger partial charge in [-0.25, -0.2) is 8.78 Å². The second-order valence-electron chi connectivity index (χ2n) is 2.56. The zero-order valence-electron chi connectivity index (χ0n) is 7.10. The van der Waals surface area contributed by atoms with Gasteiger partial charge in [0.15, 0.2) is 0 Å². The molecule has 1 aromatic carbocycles. The highest BCUT2D eigenvalue weighted by molar-refractivity contribution is 9.10. The molecular weight excluding hydrogens is 252 g/mol. The molecule has 0 atom stereocenters. The Labute approximate surface area is 88.8 Å². The van der Waals surface area contributed by atoms with Crippen LogP contribution in [0.2, 0.25) is 0 Å². The highest BCUT2D eigenvalue weighted by atomic mass is 79.9. The third kappa shape index (κ3) is 2.64. The topological polar surface area (TPSA) is 23.8 Å². The standard InChI is InChI=1S/C10H6BrF2N/c11-10-8(12)5-7(6-9(10)13)3-1-2-4-14/h1,3,5-6H,2H2. The molecule has 72 valence electrons. The van der Waals surface area contributed by atoms with Crippen molar-refractivity contribution < 1.29 is 8.78 Å². The van der Waals surface area contributed by atoms with Gasteiger partial charge in [0.05, 0.1) is 17.0 Å². The van der Waals surface area contributed by atoms with Gasteiger partial charge in [-0.3, -0.25) is 0 Å². The Kier molecular flexibility index (Phi) is 3.78. The first kappa shape index (κ1) is 10.9. The maximum atomic E-state index is 13.0. The maximum Gasteiger partial charge on any atom is 0.140 e. The maximum absolute atomic E-state index is 13.0. The van der Waals surface area contributed by atoms with Crippen LogP contribution in [0.5, 0.6) is 0 Å². The molecule has 0 saturated carbocycles. The van der Waals surface area contributed by atoms with E-state index in [-0.39, 0.29) is 10.9 Å². The Morgan fingerprint density at radius 1 is 1.36 bits per heavy atom. The Balaban J connectivity index is 2.96. The van der Waals surface area contributed by atoms with E-state index >= 15 is 0 Å². The molecule has 0 fully saturated rings. The molecular formula is C10H6BrF2N. The number of hydrogen-bond donors (Lipinski definition) is 0. The van der Waals surface area contributed by atoms with Gasteiger partial charge in [0, 0.05) is 0 Å². The largest absolute Gasteiger partial charge is 0.206 e. The molecule has 0 aliphatic heterocycles.